The Morgan fingerprint density at radius 3 is 2.54 bits per heavy atom. The van der Waals surface area contributed by atoms with Crippen LogP contribution in [0.25, 0.3) is 17.0 Å². The first-order chi connectivity index (χ1) is 16.8. The average Bonchev–Trinajstić information content (AvgIpc) is 3.29. The van der Waals surface area contributed by atoms with Crippen LogP contribution in [0.2, 0.25) is 0 Å². The lowest BCUT2D eigenvalue weighted by molar-refractivity contribution is 0.101. The number of methoxy groups -OCH3 is 2. The van der Waals surface area contributed by atoms with Crippen molar-refractivity contribution >= 4 is 21.5 Å². The van der Waals surface area contributed by atoms with Crippen molar-refractivity contribution in [1.82, 2.24) is 24.5 Å². The number of sulfonamides is 1. The van der Waals surface area contributed by atoms with Crippen molar-refractivity contribution in [3.8, 4) is 28.8 Å². The zero-order valence-corrected chi connectivity index (χ0v) is 20.1. The Labute approximate surface area is 201 Å². The molecule has 12 heteroatoms. The Kier molecular flexibility index (Phi) is 6.94. The maximum Gasteiger partial charge on any atom is 0.240 e. The Balaban J connectivity index is 1.45. The summed E-state index contributed by atoms with van der Waals surface area (Å²) in [7, 11) is -0.704. The van der Waals surface area contributed by atoms with Crippen molar-refractivity contribution in [2.24, 2.45) is 0 Å². The van der Waals surface area contributed by atoms with E-state index in [1.165, 1.54) is 29.6 Å². The molecular weight excluding hydrogens is 474 g/mol. The summed E-state index contributed by atoms with van der Waals surface area (Å²) >= 11 is 0. The van der Waals surface area contributed by atoms with Crippen LogP contribution >= 0.6 is 0 Å². The van der Waals surface area contributed by atoms with Gasteiger partial charge in [-0.15, -0.1) is 15.3 Å². The minimum Gasteiger partial charge on any atom is -0.493 e. The monoisotopic (exact) mass is 497 g/mol. The summed E-state index contributed by atoms with van der Waals surface area (Å²) in [6, 6.07) is 14.5. The number of nitrogens with zero attached hydrogens (tertiary/aromatic N) is 4. The minimum absolute atomic E-state index is 0.00291. The summed E-state index contributed by atoms with van der Waals surface area (Å²) in [5.74, 6) is 1.63. The number of fused-ring (bicyclic) bond motifs is 1. The van der Waals surface area contributed by atoms with E-state index >= 15 is 0 Å². The fourth-order valence-electron chi connectivity index (χ4n) is 3.30. The lowest BCUT2D eigenvalue weighted by Gasteiger charge is -2.10. The molecule has 0 saturated heterocycles. The van der Waals surface area contributed by atoms with Crippen molar-refractivity contribution < 1.29 is 27.4 Å². The molecule has 0 unspecified atom stereocenters. The van der Waals surface area contributed by atoms with E-state index in [0.717, 1.165) is 0 Å². The van der Waals surface area contributed by atoms with Gasteiger partial charge in [-0.1, -0.05) is 12.1 Å². The van der Waals surface area contributed by atoms with Crippen LogP contribution in [0.3, 0.4) is 0 Å². The number of carbonyl (C=O) groups excluding carboxylic acids is 1. The first kappa shape index (κ1) is 24.1. The van der Waals surface area contributed by atoms with Gasteiger partial charge in [0.1, 0.15) is 6.61 Å². The van der Waals surface area contributed by atoms with Crippen LogP contribution in [0.4, 0.5) is 0 Å². The molecule has 35 heavy (non-hydrogen) atoms. The molecule has 11 nitrogen and oxygen atoms in total. The van der Waals surface area contributed by atoms with E-state index in [4.69, 9.17) is 14.2 Å². The van der Waals surface area contributed by atoms with Gasteiger partial charge in [0.2, 0.25) is 15.9 Å². The van der Waals surface area contributed by atoms with Crippen molar-refractivity contribution in [3.05, 3.63) is 60.2 Å². The average molecular weight is 498 g/mol. The fraction of sp³-hybridized carbons (Fsp3) is 0.217. The van der Waals surface area contributed by atoms with Crippen LogP contribution in [0, 0.1) is 0 Å². The van der Waals surface area contributed by atoms with Crippen LogP contribution < -0.4 is 18.9 Å². The molecule has 0 atom stereocenters. The molecule has 0 spiro atoms. The second-order valence-corrected chi connectivity index (χ2v) is 9.13. The highest BCUT2D eigenvalue weighted by Crippen LogP contribution is 2.31. The van der Waals surface area contributed by atoms with Crippen molar-refractivity contribution in [2.45, 2.75) is 11.8 Å². The van der Waals surface area contributed by atoms with Gasteiger partial charge in [-0.25, -0.2) is 13.1 Å². The fourth-order valence-corrected chi connectivity index (χ4v) is 4.36. The molecule has 0 aliphatic carbocycles. The normalized spacial score (nSPS) is 11.4. The maximum atomic E-state index is 12.5. The summed E-state index contributed by atoms with van der Waals surface area (Å²) < 4.78 is 45.3. The highest BCUT2D eigenvalue weighted by molar-refractivity contribution is 7.89. The molecule has 0 aliphatic heterocycles. The van der Waals surface area contributed by atoms with E-state index in [1.54, 1.807) is 44.6 Å². The topological polar surface area (TPSA) is 134 Å². The van der Waals surface area contributed by atoms with Crippen LogP contribution in [-0.4, -0.2) is 61.4 Å². The van der Waals surface area contributed by atoms with Gasteiger partial charge in [-0.05, 0) is 43.3 Å². The lowest BCUT2D eigenvalue weighted by Crippen LogP contribution is -2.28. The van der Waals surface area contributed by atoms with Crippen LogP contribution in [0.1, 0.15) is 17.3 Å². The highest BCUT2D eigenvalue weighted by Gasteiger charge is 2.16. The van der Waals surface area contributed by atoms with Crippen molar-refractivity contribution in [2.75, 3.05) is 27.4 Å². The molecule has 0 radical (unpaired) electrons. The molecule has 1 N–H and O–H groups in total. The number of nitrogens with one attached hydrogen (secondary N) is 1. The molecule has 0 fully saturated rings. The standard InChI is InChI=1S/C23H23N5O6S/c1-15(29)16-5-4-6-18(13-16)35(30,31)24-11-12-34-22-10-9-21-25-26-23(28(21)27-22)17-7-8-19(32-2)20(14-17)33-3/h4-10,13-14,24H,11-12H2,1-3H3. The quantitative estimate of drug-likeness (QED) is 0.259. The molecule has 0 amide bonds. The molecular formula is C23H23N5O6S. The number of aromatic nitrogens is 4. The van der Waals surface area contributed by atoms with E-state index in [9.17, 15) is 13.2 Å². The first-order valence-electron chi connectivity index (χ1n) is 10.5. The van der Waals surface area contributed by atoms with Gasteiger partial charge in [-0.3, -0.25) is 4.79 Å². The van der Waals surface area contributed by atoms with Gasteiger partial charge in [0.25, 0.3) is 0 Å². The Morgan fingerprint density at radius 2 is 1.80 bits per heavy atom. The maximum absolute atomic E-state index is 12.5. The highest BCUT2D eigenvalue weighted by atomic mass is 32.2. The minimum atomic E-state index is -3.80. The molecule has 4 aromatic rings. The number of benzene rings is 2. The number of carbonyl (C=O) groups is 1. The van der Waals surface area contributed by atoms with Crippen LogP contribution in [0.15, 0.2) is 59.5 Å². The molecule has 0 aliphatic rings. The largest absolute Gasteiger partial charge is 0.493 e. The predicted octanol–water partition coefficient (Wildman–Crippen LogP) is 2.37. The molecule has 2 aromatic heterocycles. The third kappa shape index (κ3) is 5.23. The first-order valence-corrected chi connectivity index (χ1v) is 12.0. The van der Waals surface area contributed by atoms with Crippen molar-refractivity contribution in [3.63, 3.8) is 0 Å². The third-order valence-electron chi connectivity index (χ3n) is 5.08. The Bertz CT molecular complexity index is 1490. The molecule has 182 valence electrons. The van der Waals surface area contributed by atoms with Gasteiger partial charge in [0.05, 0.1) is 19.1 Å². The zero-order chi connectivity index (χ0) is 25.0. The van der Waals surface area contributed by atoms with Crippen LogP contribution in [-0.2, 0) is 10.0 Å². The van der Waals surface area contributed by atoms with E-state index in [1.807, 2.05) is 6.07 Å². The number of ether oxygens (including phenoxy) is 3. The van der Waals surface area contributed by atoms with E-state index in [0.29, 0.717) is 34.1 Å². The smallest absolute Gasteiger partial charge is 0.240 e. The number of hydrogen-bond donors (Lipinski definition) is 1. The second kappa shape index (κ2) is 10.1. The van der Waals surface area contributed by atoms with Gasteiger partial charge in [-0.2, -0.15) is 4.52 Å². The second-order valence-electron chi connectivity index (χ2n) is 7.37. The number of ketones is 1. The number of Topliss-reactive ketones (excluding diaryl/α,β-unsaturated/α-hetero) is 1. The third-order valence-corrected chi connectivity index (χ3v) is 6.53. The Morgan fingerprint density at radius 1 is 1.00 bits per heavy atom. The number of rotatable bonds is 10. The zero-order valence-electron chi connectivity index (χ0n) is 19.3. The summed E-state index contributed by atoms with van der Waals surface area (Å²) in [6.07, 6.45) is 0. The van der Waals surface area contributed by atoms with E-state index < -0.39 is 10.0 Å². The summed E-state index contributed by atoms with van der Waals surface area (Å²) in [4.78, 5) is 11.5. The molecule has 2 heterocycles. The number of hydrogen-bond acceptors (Lipinski definition) is 9. The summed E-state index contributed by atoms with van der Waals surface area (Å²) in [5.41, 5.74) is 1.54. The van der Waals surface area contributed by atoms with Gasteiger partial charge in [0, 0.05) is 23.7 Å². The molecule has 0 saturated carbocycles. The van der Waals surface area contributed by atoms with Crippen LogP contribution in [0.5, 0.6) is 17.4 Å². The molecule has 0 bridgehead atoms. The SMILES string of the molecule is COc1ccc(-c2nnc3ccc(OCCNS(=O)(=O)c4cccc(C(C)=O)c4)nn23)cc1OC. The predicted molar refractivity (Wildman–Crippen MR) is 126 cm³/mol. The van der Waals surface area contributed by atoms with E-state index in [-0.39, 0.29) is 29.7 Å². The van der Waals surface area contributed by atoms with Gasteiger partial charge < -0.3 is 14.2 Å². The molecule has 2 aromatic carbocycles. The van der Waals surface area contributed by atoms with Crippen molar-refractivity contribution in [1.29, 1.82) is 0 Å². The van der Waals surface area contributed by atoms with Gasteiger partial charge >= 0.3 is 0 Å². The molecule has 4 rings (SSSR count). The Hall–Kier alpha value is -4.03. The van der Waals surface area contributed by atoms with Gasteiger partial charge in [0.15, 0.2) is 28.8 Å². The summed E-state index contributed by atoms with van der Waals surface area (Å²) in [6.45, 7) is 1.40. The summed E-state index contributed by atoms with van der Waals surface area (Å²) in [5, 5.41) is 12.7. The van der Waals surface area contributed by atoms with E-state index in [2.05, 4.69) is 20.0 Å². The lowest BCUT2D eigenvalue weighted by atomic mass is 10.2.